The first-order valence-electron chi connectivity index (χ1n) is 6.73. The molecule has 1 heterocycles. The number of likely N-dealkylation sites (tertiary alicyclic amines) is 1. The van der Waals surface area contributed by atoms with E-state index in [1.54, 1.807) is 20.3 Å². The van der Waals surface area contributed by atoms with Crippen LogP contribution in [0.5, 0.6) is 11.5 Å². The van der Waals surface area contributed by atoms with Crippen molar-refractivity contribution in [1.82, 2.24) is 4.90 Å². The zero-order valence-electron chi connectivity index (χ0n) is 12.1. The van der Waals surface area contributed by atoms with Gasteiger partial charge < -0.3 is 14.6 Å². The summed E-state index contributed by atoms with van der Waals surface area (Å²) < 4.78 is 10.5. The molecule has 0 bridgehead atoms. The van der Waals surface area contributed by atoms with Gasteiger partial charge in [0.15, 0.2) is 0 Å². The number of rotatable bonds is 4. The molecular formula is C16H21NO3. The fourth-order valence-corrected chi connectivity index (χ4v) is 2.57. The second kappa shape index (κ2) is 6.17. The van der Waals surface area contributed by atoms with Gasteiger partial charge in [0, 0.05) is 19.2 Å². The molecule has 1 saturated heterocycles. The zero-order valence-corrected chi connectivity index (χ0v) is 12.1. The minimum absolute atomic E-state index is 0.636. The first kappa shape index (κ1) is 14.7. The predicted octanol–water partition coefficient (Wildman–Crippen LogP) is 1.62. The Morgan fingerprint density at radius 3 is 2.20 bits per heavy atom. The third-order valence-corrected chi connectivity index (χ3v) is 3.89. The molecular weight excluding hydrogens is 254 g/mol. The van der Waals surface area contributed by atoms with Gasteiger partial charge in [0.1, 0.15) is 11.5 Å². The molecule has 1 aromatic rings. The first-order chi connectivity index (χ1) is 9.61. The van der Waals surface area contributed by atoms with Gasteiger partial charge in [-0.2, -0.15) is 0 Å². The second-order valence-corrected chi connectivity index (χ2v) is 5.11. The quantitative estimate of drug-likeness (QED) is 0.848. The molecule has 0 saturated carbocycles. The molecule has 1 aliphatic rings. The molecule has 0 aromatic heterocycles. The van der Waals surface area contributed by atoms with Crippen LogP contribution < -0.4 is 9.47 Å². The Labute approximate surface area is 120 Å². The number of hydrogen-bond donors (Lipinski definition) is 1. The topological polar surface area (TPSA) is 41.9 Å². The van der Waals surface area contributed by atoms with Crippen LogP contribution >= 0.6 is 0 Å². The van der Waals surface area contributed by atoms with E-state index < -0.39 is 5.60 Å². The smallest absolute Gasteiger partial charge is 0.122 e. The average Bonchev–Trinajstić information content (AvgIpc) is 2.49. The molecule has 4 heteroatoms. The van der Waals surface area contributed by atoms with Crippen molar-refractivity contribution < 1.29 is 14.6 Å². The van der Waals surface area contributed by atoms with E-state index in [4.69, 9.17) is 15.9 Å². The normalized spacial score (nSPS) is 18.3. The largest absolute Gasteiger partial charge is 0.497 e. The lowest BCUT2D eigenvalue weighted by atomic mass is 9.84. The van der Waals surface area contributed by atoms with Gasteiger partial charge in [-0.1, -0.05) is 5.92 Å². The summed E-state index contributed by atoms with van der Waals surface area (Å²) in [7, 11) is 3.22. The van der Waals surface area contributed by atoms with Crippen LogP contribution in [0, 0.1) is 12.3 Å². The number of nitrogens with zero attached hydrogens (tertiary/aromatic N) is 1. The molecule has 2 rings (SSSR count). The van der Waals surface area contributed by atoms with Crippen LogP contribution in [0.15, 0.2) is 18.2 Å². The van der Waals surface area contributed by atoms with Gasteiger partial charge in [-0.05, 0) is 30.5 Å². The highest BCUT2D eigenvalue weighted by Crippen LogP contribution is 2.36. The summed E-state index contributed by atoms with van der Waals surface area (Å²) in [5, 5.41) is 10.9. The molecule has 0 amide bonds. The molecule has 1 fully saturated rings. The standard InChI is InChI=1S/C16H21NO3/c1-4-7-17-8-5-16(18,6-9-17)13-10-14(19-2)12-15(11-13)20-3/h1,10-12,18H,5-9H2,2-3H3. The molecule has 1 aromatic carbocycles. The number of ether oxygens (including phenoxy) is 2. The van der Waals surface area contributed by atoms with Gasteiger partial charge in [0.05, 0.1) is 26.4 Å². The van der Waals surface area contributed by atoms with Crippen molar-refractivity contribution in [3.8, 4) is 23.8 Å². The minimum atomic E-state index is -0.840. The van der Waals surface area contributed by atoms with Gasteiger partial charge in [-0.3, -0.25) is 4.90 Å². The lowest BCUT2D eigenvalue weighted by Crippen LogP contribution is -2.42. The van der Waals surface area contributed by atoms with E-state index in [-0.39, 0.29) is 0 Å². The van der Waals surface area contributed by atoms with Crippen LogP contribution in [-0.4, -0.2) is 43.9 Å². The summed E-state index contributed by atoms with van der Waals surface area (Å²) in [6.45, 7) is 2.22. The lowest BCUT2D eigenvalue weighted by Gasteiger charge is -2.38. The molecule has 1 N–H and O–H groups in total. The summed E-state index contributed by atoms with van der Waals surface area (Å²) in [4.78, 5) is 2.17. The Morgan fingerprint density at radius 2 is 1.75 bits per heavy atom. The predicted molar refractivity (Wildman–Crippen MR) is 77.9 cm³/mol. The van der Waals surface area contributed by atoms with Crippen molar-refractivity contribution in [3.05, 3.63) is 23.8 Å². The maximum atomic E-state index is 10.9. The van der Waals surface area contributed by atoms with E-state index in [2.05, 4.69) is 10.8 Å². The maximum Gasteiger partial charge on any atom is 0.122 e. The van der Waals surface area contributed by atoms with Crippen LogP contribution in [0.25, 0.3) is 0 Å². The van der Waals surface area contributed by atoms with Gasteiger partial charge in [-0.25, -0.2) is 0 Å². The first-order valence-corrected chi connectivity index (χ1v) is 6.73. The van der Waals surface area contributed by atoms with E-state index in [0.717, 1.165) is 18.7 Å². The third kappa shape index (κ3) is 3.06. The van der Waals surface area contributed by atoms with E-state index in [9.17, 15) is 5.11 Å². The van der Waals surface area contributed by atoms with E-state index in [1.165, 1.54) is 0 Å². The van der Waals surface area contributed by atoms with Gasteiger partial charge in [0.2, 0.25) is 0 Å². The van der Waals surface area contributed by atoms with Crippen molar-refractivity contribution in [3.63, 3.8) is 0 Å². The van der Waals surface area contributed by atoms with E-state index >= 15 is 0 Å². The highest BCUT2D eigenvalue weighted by Gasteiger charge is 2.34. The molecule has 0 aliphatic carbocycles. The molecule has 0 unspecified atom stereocenters. The van der Waals surface area contributed by atoms with Crippen molar-refractivity contribution >= 4 is 0 Å². The van der Waals surface area contributed by atoms with Gasteiger partial charge in [-0.15, -0.1) is 6.42 Å². The minimum Gasteiger partial charge on any atom is -0.497 e. The molecule has 0 atom stereocenters. The molecule has 4 nitrogen and oxygen atoms in total. The Hall–Kier alpha value is -1.70. The van der Waals surface area contributed by atoms with E-state index in [0.29, 0.717) is 30.9 Å². The summed E-state index contributed by atoms with van der Waals surface area (Å²) in [5.74, 6) is 4.03. The number of aliphatic hydroxyl groups is 1. The second-order valence-electron chi connectivity index (χ2n) is 5.11. The summed E-state index contributed by atoms with van der Waals surface area (Å²) in [6, 6.07) is 5.55. The Morgan fingerprint density at radius 1 is 1.20 bits per heavy atom. The SMILES string of the molecule is C#CCN1CCC(O)(c2cc(OC)cc(OC)c2)CC1. The van der Waals surface area contributed by atoms with Crippen molar-refractivity contribution in [2.45, 2.75) is 18.4 Å². The average molecular weight is 275 g/mol. The van der Waals surface area contributed by atoms with Crippen LogP contribution in [0.1, 0.15) is 18.4 Å². The van der Waals surface area contributed by atoms with E-state index in [1.807, 2.05) is 12.1 Å². The summed E-state index contributed by atoms with van der Waals surface area (Å²) in [6.07, 6.45) is 6.64. The van der Waals surface area contributed by atoms with Crippen LogP contribution in [0.3, 0.4) is 0 Å². The number of methoxy groups -OCH3 is 2. The Kier molecular flexibility index (Phi) is 4.53. The van der Waals surface area contributed by atoms with Crippen LogP contribution in [0.4, 0.5) is 0 Å². The summed E-state index contributed by atoms with van der Waals surface area (Å²) >= 11 is 0. The number of benzene rings is 1. The number of terminal acetylenes is 1. The molecule has 108 valence electrons. The van der Waals surface area contributed by atoms with Crippen LogP contribution in [0.2, 0.25) is 0 Å². The maximum absolute atomic E-state index is 10.9. The van der Waals surface area contributed by atoms with Crippen molar-refractivity contribution in [1.29, 1.82) is 0 Å². The Balaban J connectivity index is 2.20. The Bertz CT molecular complexity index is 477. The van der Waals surface area contributed by atoms with Crippen molar-refractivity contribution in [2.24, 2.45) is 0 Å². The van der Waals surface area contributed by atoms with Gasteiger partial charge in [0.25, 0.3) is 0 Å². The fraction of sp³-hybridized carbons (Fsp3) is 0.500. The monoisotopic (exact) mass is 275 g/mol. The molecule has 1 aliphatic heterocycles. The number of piperidine rings is 1. The zero-order chi connectivity index (χ0) is 14.6. The molecule has 20 heavy (non-hydrogen) atoms. The highest BCUT2D eigenvalue weighted by molar-refractivity contribution is 5.41. The molecule has 0 radical (unpaired) electrons. The number of hydrogen-bond acceptors (Lipinski definition) is 4. The van der Waals surface area contributed by atoms with Gasteiger partial charge >= 0.3 is 0 Å². The fourth-order valence-electron chi connectivity index (χ4n) is 2.57. The van der Waals surface area contributed by atoms with Crippen LogP contribution in [-0.2, 0) is 5.60 Å². The lowest BCUT2D eigenvalue weighted by molar-refractivity contribution is -0.0232. The van der Waals surface area contributed by atoms with Crippen molar-refractivity contribution in [2.75, 3.05) is 33.9 Å². The third-order valence-electron chi connectivity index (χ3n) is 3.89. The highest BCUT2D eigenvalue weighted by atomic mass is 16.5. The summed E-state index contributed by atoms with van der Waals surface area (Å²) in [5.41, 5.74) is 0.00136. The molecule has 0 spiro atoms.